The molecule has 1 aromatic carbocycles. The van der Waals surface area contributed by atoms with E-state index in [1.165, 1.54) is 10.6 Å². The number of rotatable bonds is 3. The number of nitrogens with zero attached hydrogens (tertiary/aromatic N) is 3. The Bertz CT molecular complexity index is 938. The number of carbonyl (C=O) groups is 1. The Morgan fingerprint density at radius 2 is 2.00 bits per heavy atom. The molecule has 0 atom stereocenters. The summed E-state index contributed by atoms with van der Waals surface area (Å²) in [5.74, 6) is -0.837. The number of aromatic nitrogens is 3. The van der Waals surface area contributed by atoms with Gasteiger partial charge in [-0.2, -0.15) is 0 Å². The highest BCUT2D eigenvalue weighted by Gasteiger charge is 2.21. The number of aromatic carboxylic acids is 1. The molecule has 0 aliphatic rings. The van der Waals surface area contributed by atoms with Crippen LogP contribution in [0.5, 0.6) is 0 Å². The summed E-state index contributed by atoms with van der Waals surface area (Å²) in [6.07, 6.45) is 1.26. The van der Waals surface area contributed by atoms with Crippen molar-refractivity contribution in [1.29, 1.82) is 0 Å². The molecule has 0 spiro atoms. The van der Waals surface area contributed by atoms with Crippen LogP contribution in [0.1, 0.15) is 35.6 Å². The Labute approximate surface area is 155 Å². The zero-order valence-corrected chi connectivity index (χ0v) is 15.6. The molecule has 0 bridgehead atoms. The number of imidazole rings is 1. The van der Waals surface area contributed by atoms with Crippen molar-refractivity contribution in [2.24, 2.45) is 5.73 Å². The number of fused-ring (bicyclic) bond motifs is 1. The van der Waals surface area contributed by atoms with Crippen LogP contribution >= 0.6 is 23.2 Å². The Balaban J connectivity index is 0.00000109. The van der Waals surface area contributed by atoms with Gasteiger partial charge in [0.2, 0.25) is 5.78 Å². The third-order valence-electron chi connectivity index (χ3n) is 3.57. The van der Waals surface area contributed by atoms with Crippen LogP contribution in [-0.2, 0) is 6.54 Å². The molecule has 0 amide bonds. The fourth-order valence-corrected chi connectivity index (χ4v) is 3.02. The van der Waals surface area contributed by atoms with Crippen molar-refractivity contribution in [2.45, 2.75) is 27.3 Å². The first-order valence-corrected chi connectivity index (χ1v) is 8.45. The minimum absolute atomic E-state index is 0.0109. The lowest BCUT2D eigenvalue weighted by Crippen LogP contribution is -2.12. The SMILES string of the molecule is CC.Cc1nc2ncc(C(=O)O)n2c(-c2ccc(Cl)cc2Cl)c1CN. The van der Waals surface area contributed by atoms with Crippen molar-refractivity contribution in [1.82, 2.24) is 14.4 Å². The zero-order valence-electron chi connectivity index (χ0n) is 14.0. The van der Waals surface area contributed by atoms with Gasteiger partial charge < -0.3 is 10.8 Å². The van der Waals surface area contributed by atoms with E-state index < -0.39 is 5.97 Å². The lowest BCUT2D eigenvalue weighted by molar-refractivity contribution is 0.0689. The first kappa shape index (κ1) is 19.2. The van der Waals surface area contributed by atoms with Gasteiger partial charge in [0.05, 0.1) is 16.9 Å². The summed E-state index contributed by atoms with van der Waals surface area (Å²) >= 11 is 12.3. The molecular formula is C17H18Cl2N4O2. The Morgan fingerprint density at radius 3 is 2.56 bits per heavy atom. The number of nitrogens with two attached hydrogens (primary N) is 1. The predicted octanol–water partition coefficient (Wildman–Crippen LogP) is 4.19. The van der Waals surface area contributed by atoms with Gasteiger partial charge in [-0.3, -0.25) is 4.40 Å². The summed E-state index contributed by atoms with van der Waals surface area (Å²) in [4.78, 5) is 19.9. The van der Waals surface area contributed by atoms with Crippen LogP contribution in [0.3, 0.4) is 0 Å². The number of halogens is 2. The molecule has 6 nitrogen and oxygen atoms in total. The van der Waals surface area contributed by atoms with Crippen LogP contribution in [0.4, 0.5) is 0 Å². The quantitative estimate of drug-likeness (QED) is 0.709. The van der Waals surface area contributed by atoms with E-state index in [1.807, 2.05) is 13.8 Å². The van der Waals surface area contributed by atoms with E-state index in [4.69, 9.17) is 28.9 Å². The Kier molecular flexibility index (Phi) is 6.00. The van der Waals surface area contributed by atoms with E-state index in [9.17, 15) is 9.90 Å². The van der Waals surface area contributed by atoms with Crippen molar-refractivity contribution in [3.63, 3.8) is 0 Å². The molecule has 8 heteroatoms. The van der Waals surface area contributed by atoms with Crippen molar-refractivity contribution in [3.05, 3.63) is 51.4 Å². The molecule has 132 valence electrons. The van der Waals surface area contributed by atoms with Gasteiger partial charge in [-0.25, -0.2) is 14.8 Å². The molecule has 25 heavy (non-hydrogen) atoms. The average Bonchev–Trinajstić information content (AvgIpc) is 2.99. The maximum absolute atomic E-state index is 11.5. The van der Waals surface area contributed by atoms with E-state index in [0.717, 1.165) is 0 Å². The first-order chi connectivity index (χ1) is 11.9. The second-order valence-electron chi connectivity index (χ2n) is 4.94. The normalized spacial score (nSPS) is 10.5. The van der Waals surface area contributed by atoms with Gasteiger partial charge in [-0.05, 0) is 25.1 Å². The van der Waals surface area contributed by atoms with Gasteiger partial charge in [-0.15, -0.1) is 0 Å². The second kappa shape index (κ2) is 7.82. The fraction of sp³-hybridized carbons (Fsp3) is 0.235. The number of hydrogen-bond donors (Lipinski definition) is 2. The van der Waals surface area contributed by atoms with Crippen molar-refractivity contribution in [3.8, 4) is 11.3 Å². The lowest BCUT2D eigenvalue weighted by atomic mass is 10.0. The van der Waals surface area contributed by atoms with Crippen LogP contribution in [0.25, 0.3) is 17.0 Å². The zero-order chi connectivity index (χ0) is 18.7. The average molecular weight is 381 g/mol. The van der Waals surface area contributed by atoms with Crippen molar-refractivity contribution >= 4 is 34.9 Å². The van der Waals surface area contributed by atoms with Crippen molar-refractivity contribution in [2.75, 3.05) is 0 Å². The largest absolute Gasteiger partial charge is 0.477 e. The summed E-state index contributed by atoms with van der Waals surface area (Å²) < 4.78 is 1.45. The maximum atomic E-state index is 11.5. The van der Waals surface area contributed by atoms with Crippen LogP contribution in [0.15, 0.2) is 24.4 Å². The molecule has 0 unspecified atom stereocenters. The number of carboxylic acid groups (broad SMARTS) is 1. The maximum Gasteiger partial charge on any atom is 0.354 e. The van der Waals surface area contributed by atoms with Crippen LogP contribution in [0, 0.1) is 6.92 Å². The highest BCUT2D eigenvalue weighted by Crippen LogP contribution is 2.34. The highest BCUT2D eigenvalue weighted by molar-refractivity contribution is 6.36. The van der Waals surface area contributed by atoms with Gasteiger partial charge in [0.1, 0.15) is 0 Å². The van der Waals surface area contributed by atoms with Gasteiger partial charge >= 0.3 is 5.97 Å². The molecule has 0 radical (unpaired) electrons. The van der Waals surface area contributed by atoms with E-state index in [1.54, 1.807) is 25.1 Å². The van der Waals surface area contributed by atoms with Crippen LogP contribution in [-0.4, -0.2) is 25.4 Å². The summed E-state index contributed by atoms with van der Waals surface area (Å²) in [7, 11) is 0. The summed E-state index contributed by atoms with van der Waals surface area (Å²) in [6.45, 7) is 5.98. The summed E-state index contributed by atoms with van der Waals surface area (Å²) in [5.41, 5.74) is 8.40. The monoisotopic (exact) mass is 380 g/mol. The van der Waals surface area contributed by atoms with Gasteiger partial charge in [-0.1, -0.05) is 37.0 Å². The second-order valence-corrected chi connectivity index (χ2v) is 5.78. The van der Waals surface area contributed by atoms with Gasteiger partial charge in [0.25, 0.3) is 0 Å². The van der Waals surface area contributed by atoms with E-state index in [-0.39, 0.29) is 18.0 Å². The molecule has 3 aromatic rings. The third kappa shape index (κ3) is 3.46. The van der Waals surface area contributed by atoms with E-state index in [0.29, 0.717) is 32.6 Å². The predicted molar refractivity (Wildman–Crippen MR) is 99.4 cm³/mol. The third-order valence-corrected chi connectivity index (χ3v) is 4.11. The summed E-state index contributed by atoms with van der Waals surface area (Å²) in [6, 6.07) is 5.00. The molecule has 0 saturated heterocycles. The molecule has 0 aliphatic carbocycles. The lowest BCUT2D eigenvalue weighted by Gasteiger charge is -2.15. The van der Waals surface area contributed by atoms with Gasteiger partial charge in [0, 0.05) is 28.4 Å². The minimum Gasteiger partial charge on any atom is -0.477 e. The number of hydrogen-bond acceptors (Lipinski definition) is 4. The summed E-state index contributed by atoms with van der Waals surface area (Å²) in [5, 5.41) is 10.3. The van der Waals surface area contributed by atoms with Crippen LogP contribution in [0.2, 0.25) is 10.0 Å². The number of benzene rings is 1. The van der Waals surface area contributed by atoms with E-state index in [2.05, 4.69) is 9.97 Å². The molecule has 3 N–H and O–H groups in total. The molecule has 2 aromatic heterocycles. The molecule has 3 rings (SSSR count). The minimum atomic E-state index is -1.11. The van der Waals surface area contributed by atoms with E-state index >= 15 is 0 Å². The number of carboxylic acids is 1. The molecule has 0 fully saturated rings. The standard InChI is InChI=1S/C15H12Cl2N4O2.C2H6/c1-7-10(5-18)13(9-3-2-8(16)4-11(9)17)21-12(14(22)23)6-19-15(21)20-7;1-2/h2-4,6H,5,18H2,1H3,(H,22,23);1-2H3. The van der Waals surface area contributed by atoms with Crippen molar-refractivity contribution < 1.29 is 9.90 Å². The molecule has 2 heterocycles. The molecule has 0 aliphatic heterocycles. The van der Waals surface area contributed by atoms with Crippen LogP contribution < -0.4 is 5.73 Å². The highest BCUT2D eigenvalue weighted by atomic mass is 35.5. The fourth-order valence-electron chi connectivity index (χ4n) is 2.52. The smallest absolute Gasteiger partial charge is 0.354 e. The van der Waals surface area contributed by atoms with Gasteiger partial charge in [0.15, 0.2) is 5.69 Å². The molecule has 0 saturated carbocycles. The molecular weight excluding hydrogens is 363 g/mol. The topological polar surface area (TPSA) is 93.5 Å². The Morgan fingerprint density at radius 1 is 1.32 bits per heavy atom. The number of aryl methyl sites for hydroxylation is 1. The first-order valence-electron chi connectivity index (χ1n) is 7.69. The Hall–Kier alpha value is -2.15.